The molecule has 1 aromatic carbocycles. The molecule has 0 aromatic heterocycles. The van der Waals surface area contributed by atoms with Crippen LogP contribution >= 0.6 is 42.0 Å². The second-order valence-electron chi connectivity index (χ2n) is 8.96. The van der Waals surface area contributed by atoms with E-state index in [4.69, 9.17) is 20.5 Å². The lowest BCUT2D eigenvalue weighted by molar-refractivity contribution is 0.0139. The highest BCUT2D eigenvalue weighted by Crippen LogP contribution is 2.31. The van der Waals surface area contributed by atoms with Crippen LogP contribution in [0.25, 0.3) is 0 Å². The van der Waals surface area contributed by atoms with Gasteiger partial charge in [-0.05, 0) is 44.9 Å². The fourth-order valence-corrected chi connectivity index (χ4v) is 4.78. The normalized spacial score (nSPS) is 20.6. The van der Waals surface area contributed by atoms with Crippen LogP contribution in [-0.2, 0) is 15.5 Å². The maximum Gasteiger partial charge on any atom is 0.410 e. The minimum atomic E-state index is -0.458. The van der Waals surface area contributed by atoms with E-state index in [0.29, 0.717) is 19.0 Å². The molecule has 1 amide bonds. The number of anilines is 1. The predicted octanol–water partition coefficient (Wildman–Crippen LogP) is 5.23. The smallest absolute Gasteiger partial charge is 0.410 e. The third kappa shape index (κ3) is 7.05. The number of halogens is 2. The van der Waals surface area contributed by atoms with Crippen LogP contribution in [0, 0.1) is 5.92 Å². The summed E-state index contributed by atoms with van der Waals surface area (Å²) in [7, 11) is 1.41. The topological polar surface area (TPSA) is 45.2 Å². The highest BCUT2D eigenvalue weighted by atomic mass is 127. The van der Waals surface area contributed by atoms with Crippen molar-refractivity contribution in [3.63, 3.8) is 0 Å². The van der Waals surface area contributed by atoms with E-state index in [-0.39, 0.29) is 6.09 Å². The van der Waals surface area contributed by atoms with Crippen molar-refractivity contribution >= 4 is 53.8 Å². The molecule has 0 bridgehead atoms. The van der Waals surface area contributed by atoms with Gasteiger partial charge in [-0.25, -0.2) is 4.79 Å². The standard InChI is InChI=1S/C21H31ClIN3O3S/c1-21(2,3)29-20(27)25-10-8-24(9-11-25)14-17-4-5-18(22)12-19(17)26-7-6-16(13-26)15-28-30-23/h4-5,12,16H,6-11,13-15H2,1-3H3. The van der Waals surface area contributed by atoms with Crippen molar-refractivity contribution in [2.45, 2.75) is 39.3 Å². The predicted molar refractivity (Wildman–Crippen MR) is 132 cm³/mol. The van der Waals surface area contributed by atoms with Crippen LogP contribution in [0.1, 0.15) is 32.8 Å². The van der Waals surface area contributed by atoms with Crippen molar-refractivity contribution in [2.24, 2.45) is 5.92 Å². The average Bonchev–Trinajstić information content (AvgIpc) is 3.16. The SMILES string of the molecule is CC(C)(C)OC(=O)N1CCN(Cc2ccc(Cl)cc2N2CCC(COSI)C2)CC1. The third-order valence-electron chi connectivity index (χ3n) is 5.44. The molecule has 2 fully saturated rings. The number of rotatable bonds is 6. The van der Waals surface area contributed by atoms with E-state index >= 15 is 0 Å². The van der Waals surface area contributed by atoms with E-state index in [1.54, 1.807) is 4.90 Å². The minimum absolute atomic E-state index is 0.218. The first-order valence-electron chi connectivity index (χ1n) is 10.4. The van der Waals surface area contributed by atoms with E-state index in [1.807, 2.05) is 26.8 Å². The van der Waals surface area contributed by atoms with Gasteiger partial charge in [0, 0.05) is 83.6 Å². The molecule has 3 rings (SSSR count). The van der Waals surface area contributed by atoms with Crippen LogP contribution in [0.5, 0.6) is 0 Å². The summed E-state index contributed by atoms with van der Waals surface area (Å²) in [4.78, 5) is 18.9. The van der Waals surface area contributed by atoms with Crippen LogP contribution in [0.15, 0.2) is 18.2 Å². The molecule has 1 unspecified atom stereocenters. The quantitative estimate of drug-likeness (QED) is 0.346. The van der Waals surface area contributed by atoms with Gasteiger partial charge in [0.25, 0.3) is 0 Å². The molecule has 2 aliphatic rings. The zero-order valence-corrected chi connectivity index (χ0v) is 21.6. The molecule has 0 spiro atoms. The fraction of sp³-hybridized carbons (Fsp3) is 0.667. The van der Waals surface area contributed by atoms with Gasteiger partial charge in [-0.15, -0.1) is 0 Å². The van der Waals surface area contributed by atoms with Crippen molar-refractivity contribution in [3.8, 4) is 0 Å². The third-order valence-corrected chi connectivity index (χ3v) is 6.66. The van der Waals surface area contributed by atoms with E-state index in [0.717, 1.165) is 50.8 Å². The lowest BCUT2D eigenvalue weighted by Gasteiger charge is -2.36. The highest BCUT2D eigenvalue weighted by molar-refractivity contribution is 14.2. The van der Waals surface area contributed by atoms with Gasteiger partial charge in [0.15, 0.2) is 0 Å². The van der Waals surface area contributed by atoms with Crippen LogP contribution in [0.3, 0.4) is 0 Å². The van der Waals surface area contributed by atoms with Crippen LogP contribution in [-0.4, -0.2) is 67.4 Å². The number of nitrogens with zero attached hydrogens (tertiary/aromatic N) is 3. The summed E-state index contributed by atoms with van der Waals surface area (Å²) >= 11 is 8.51. The van der Waals surface area contributed by atoms with Gasteiger partial charge in [0.1, 0.15) is 5.60 Å². The largest absolute Gasteiger partial charge is 0.444 e. The Labute approximate surface area is 201 Å². The summed E-state index contributed by atoms with van der Waals surface area (Å²) in [5.74, 6) is 0.552. The second-order valence-corrected chi connectivity index (χ2v) is 10.8. The Balaban J connectivity index is 1.58. The summed E-state index contributed by atoms with van der Waals surface area (Å²) in [5.41, 5.74) is 2.05. The van der Waals surface area contributed by atoms with Crippen LogP contribution in [0.4, 0.5) is 10.5 Å². The number of ether oxygens (including phenoxy) is 1. The lowest BCUT2D eigenvalue weighted by Crippen LogP contribution is -2.49. The number of amides is 1. The Hall–Kier alpha value is -0.420. The first kappa shape index (κ1) is 24.2. The molecule has 9 heteroatoms. The maximum atomic E-state index is 12.3. The van der Waals surface area contributed by atoms with Crippen molar-refractivity contribution in [3.05, 3.63) is 28.8 Å². The van der Waals surface area contributed by atoms with E-state index in [2.05, 4.69) is 43.1 Å². The zero-order valence-electron chi connectivity index (χ0n) is 17.9. The molecule has 1 atom stereocenters. The number of carbonyl (C=O) groups is 1. The van der Waals surface area contributed by atoms with Gasteiger partial charge in [-0.3, -0.25) is 4.90 Å². The Morgan fingerprint density at radius 3 is 2.63 bits per heavy atom. The van der Waals surface area contributed by atoms with Crippen molar-refractivity contribution < 1.29 is 13.7 Å². The summed E-state index contributed by atoms with van der Waals surface area (Å²) < 4.78 is 11.0. The molecule has 2 aliphatic heterocycles. The molecule has 2 saturated heterocycles. The molecule has 1 aromatic rings. The molecule has 0 saturated carbocycles. The van der Waals surface area contributed by atoms with Gasteiger partial charge >= 0.3 is 6.09 Å². The zero-order chi connectivity index (χ0) is 21.7. The van der Waals surface area contributed by atoms with Gasteiger partial charge in [-0.2, -0.15) is 0 Å². The molecular formula is C21H31ClIN3O3S. The van der Waals surface area contributed by atoms with Crippen molar-refractivity contribution in [1.82, 2.24) is 9.80 Å². The number of hydrogen-bond acceptors (Lipinski definition) is 6. The highest BCUT2D eigenvalue weighted by Gasteiger charge is 2.28. The first-order chi connectivity index (χ1) is 14.2. The Morgan fingerprint density at radius 2 is 1.97 bits per heavy atom. The Kier molecular flexibility index (Phi) is 8.83. The first-order valence-corrected chi connectivity index (χ1v) is 14.1. The Bertz CT molecular complexity index is 726. The molecule has 6 nitrogen and oxygen atoms in total. The summed E-state index contributed by atoms with van der Waals surface area (Å²) in [6.07, 6.45) is 0.918. The monoisotopic (exact) mass is 567 g/mol. The van der Waals surface area contributed by atoms with Crippen LogP contribution < -0.4 is 4.90 Å². The number of hydrogen-bond donors (Lipinski definition) is 0. The van der Waals surface area contributed by atoms with Gasteiger partial charge in [0.2, 0.25) is 0 Å². The van der Waals surface area contributed by atoms with E-state index in [1.165, 1.54) is 20.5 Å². The molecule has 0 radical (unpaired) electrons. The van der Waals surface area contributed by atoms with Gasteiger partial charge < -0.3 is 18.7 Å². The molecule has 30 heavy (non-hydrogen) atoms. The molecule has 2 heterocycles. The van der Waals surface area contributed by atoms with Gasteiger partial charge in [0.05, 0.1) is 15.8 Å². The Morgan fingerprint density at radius 1 is 1.23 bits per heavy atom. The molecular weight excluding hydrogens is 537 g/mol. The summed E-state index contributed by atoms with van der Waals surface area (Å²) in [6.45, 7) is 12.4. The van der Waals surface area contributed by atoms with Gasteiger partial charge in [-0.1, -0.05) is 17.7 Å². The van der Waals surface area contributed by atoms with E-state index in [9.17, 15) is 4.79 Å². The van der Waals surface area contributed by atoms with Crippen molar-refractivity contribution in [1.29, 1.82) is 0 Å². The van der Waals surface area contributed by atoms with Crippen LogP contribution in [0.2, 0.25) is 5.02 Å². The summed E-state index contributed by atoms with van der Waals surface area (Å²) in [5, 5.41) is 0.769. The minimum Gasteiger partial charge on any atom is -0.444 e. The van der Waals surface area contributed by atoms with E-state index < -0.39 is 5.60 Å². The molecule has 0 N–H and O–H groups in total. The summed E-state index contributed by atoms with van der Waals surface area (Å²) in [6, 6.07) is 6.20. The fourth-order valence-electron chi connectivity index (χ4n) is 3.93. The number of piperazine rings is 1. The average molecular weight is 568 g/mol. The van der Waals surface area contributed by atoms with Crippen molar-refractivity contribution in [2.75, 3.05) is 50.8 Å². The lowest BCUT2D eigenvalue weighted by atomic mass is 10.1. The second kappa shape index (κ2) is 10.9. The molecule has 168 valence electrons. The number of benzene rings is 1. The maximum absolute atomic E-state index is 12.3. The molecule has 0 aliphatic carbocycles. The number of carbonyl (C=O) groups excluding carboxylic acids is 1.